The van der Waals surface area contributed by atoms with Crippen LogP contribution in [0.4, 0.5) is 14.2 Å². The molecule has 1 saturated heterocycles. The van der Waals surface area contributed by atoms with Crippen LogP contribution in [-0.4, -0.2) is 83.6 Å². The van der Waals surface area contributed by atoms with E-state index in [2.05, 4.69) is 24.8 Å². The minimum Gasteiger partial charge on any atom is -0.471 e. The summed E-state index contributed by atoms with van der Waals surface area (Å²) in [6, 6.07) is 2.81. The van der Waals surface area contributed by atoms with Crippen LogP contribution in [0.3, 0.4) is 0 Å². The first-order valence-corrected chi connectivity index (χ1v) is 13.8. The van der Waals surface area contributed by atoms with Gasteiger partial charge in [-0.3, -0.25) is 15.0 Å². The van der Waals surface area contributed by atoms with Gasteiger partial charge in [0.25, 0.3) is 5.91 Å². The predicted molar refractivity (Wildman–Crippen MR) is 146 cm³/mol. The van der Waals surface area contributed by atoms with E-state index in [4.69, 9.17) is 15.6 Å². The van der Waals surface area contributed by atoms with Crippen molar-refractivity contribution >= 4 is 28.5 Å². The Balaban J connectivity index is 1.36. The second-order valence-electron chi connectivity index (χ2n) is 9.59. The molecular weight excluding hydrogens is 511 g/mol. The number of primary amides is 1. The molecule has 210 valence electrons. The van der Waals surface area contributed by atoms with Crippen LogP contribution < -0.4 is 21.1 Å². The van der Waals surface area contributed by atoms with Gasteiger partial charge in [0.1, 0.15) is 23.0 Å². The number of benzene rings is 1. The Morgan fingerprint density at radius 3 is 2.45 bits per heavy atom. The molecule has 38 heavy (non-hydrogen) atoms. The highest BCUT2D eigenvalue weighted by molar-refractivity contribution is 7.11. The number of nitrogens with two attached hydrogens (primary N) is 1. The summed E-state index contributed by atoms with van der Waals surface area (Å²) >= 11 is 0.884. The van der Waals surface area contributed by atoms with E-state index in [9.17, 15) is 14.0 Å². The number of amides is 3. The van der Waals surface area contributed by atoms with Gasteiger partial charge < -0.3 is 25.8 Å². The summed E-state index contributed by atoms with van der Waals surface area (Å²) in [5.74, 6) is -1.22. The Hall–Kier alpha value is -2.80. The maximum Gasteiger partial charge on any atom is 0.319 e. The second-order valence-corrected chi connectivity index (χ2v) is 10.4. The van der Waals surface area contributed by atoms with Crippen molar-refractivity contribution in [1.29, 1.82) is 0 Å². The lowest BCUT2D eigenvalue weighted by Gasteiger charge is -2.34. The highest BCUT2D eigenvalue weighted by Crippen LogP contribution is 2.31. The summed E-state index contributed by atoms with van der Waals surface area (Å²) in [7, 11) is 0. The molecule has 1 fully saturated rings. The molecule has 3 amide bonds. The molecule has 10 nitrogen and oxygen atoms in total. The van der Waals surface area contributed by atoms with Crippen molar-refractivity contribution in [3.8, 4) is 5.88 Å². The molecule has 0 saturated carbocycles. The molecule has 1 aromatic heterocycles. The van der Waals surface area contributed by atoms with E-state index in [0.717, 1.165) is 87.6 Å². The van der Waals surface area contributed by atoms with E-state index >= 15 is 0 Å². The van der Waals surface area contributed by atoms with Gasteiger partial charge in [0.2, 0.25) is 5.88 Å². The number of unbranched alkanes of at least 4 members (excludes halogenated alkanes) is 3. The van der Waals surface area contributed by atoms with Crippen LogP contribution in [-0.2, 0) is 6.61 Å². The number of aryl methyl sites for hydroxylation is 2. The number of urea groups is 1. The van der Waals surface area contributed by atoms with Gasteiger partial charge in [-0.15, -0.1) is 0 Å². The zero-order chi connectivity index (χ0) is 27.5. The number of carbonyl (C=O) groups excluding carboxylic acids is 2. The largest absolute Gasteiger partial charge is 0.471 e. The molecule has 0 spiro atoms. The molecule has 2 heterocycles. The average molecular weight is 551 g/mol. The molecule has 0 atom stereocenters. The van der Waals surface area contributed by atoms with Crippen molar-refractivity contribution in [2.45, 2.75) is 46.1 Å². The fourth-order valence-corrected chi connectivity index (χ4v) is 5.22. The van der Waals surface area contributed by atoms with Crippen molar-refractivity contribution < 1.29 is 23.8 Å². The number of anilines is 1. The molecule has 0 unspecified atom stereocenters. The van der Waals surface area contributed by atoms with Crippen molar-refractivity contribution in [3.63, 3.8) is 0 Å². The smallest absolute Gasteiger partial charge is 0.319 e. The molecule has 1 aliphatic heterocycles. The summed E-state index contributed by atoms with van der Waals surface area (Å²) in [6.45, 7) is 10.1. The number of hydrogen-bond donors (Lipinski definition) is 4. The maximum atomic E-state index is 14.3. The number of β-amino-alcohol motifs (C(OH)–C–C–N with tert-alkyl or cyclic N) is 1. The number of hydrogen-bond acceptors (Lipinski definition) is 8. The van der Waals surface area contributed by atoms with Crippen molar-refractivity contribution in [2.75, 3.05) is 57.7 Å². The first-order valence-electron chi connectivity index (χ1n) is 13.1. The summed E-state index contributed by atoms with van der Waals surface area (Å²) in [6.07, 6.45) is 4.05. The van der Waals surface area contributed by atoms with Crippen LogP contribution in [0, 0.1) is 19.7 Å². The van der Waals surface area contributed by atoms with Gasteiger partial charge in [-0.25, -0.2) is 9.18 Å². The van der Waals surface area contributed by atoms with Gasteiger partial charge in [0.15, 0.2) is 0 Å². The molecule has 0 aliphatic carbocycles. The normalized spacial score (nSPS) is 14.4. The SMILES string of the molecule is Cc1cc(C)c(COc2nsc(NC(=O)NCCCCCCN3CCN(CCO)CC3)c2C(N)=O)c(F)c1. The van der Waals surface area contributed by atoms with Crippen molar-refractivity contribution in [1.82, 2.24) is 19.5 Å². The van der Waals surface area contributed by atoms with Gasteiger partial charge in [0, 0.05) is 44.8 Å². The van der Waals surface area contributed by atoms with E-state index < -0.39 is 17.8 Å². The van der Waals surface area contributed by atoms with Gasteiger partial charge in [-0.05, 0) is 62.0 Å². The monoisotopic (exact) mass is 550 g/mol. The third-order valence-corrected chi connectivity index (χ3v) is 7.36. The van der Waals surface area contributed by atoms with E-state index in [1.54, 1.807) is 13.8 Å². The summed E-state index contributed by atoms with van der Waals surface area (Å²) < 4.78 is 24.0. The number of nitrogens with zero attached hydrogens (tertiary/aromatic N) is 3. The highest BCUT2D eigenvalue weighted by atomic mass is 32.1. The molecule has 1 aliphatic rings. The minimum absolute atomic E-state index is 0.0347. The Labute approximate surface area is 227 Å². The zero-order valence-corrected chi connectivity index (χ0v) is 23.0. The Bertz CT molecular complexity index is 1050. The topological polar surface area (TPSA) is 133 Å². The molecule has 3 rings (SSSR count). The van der Waals surface area contributed by atoms with Crippen LogP contribution in [0.2, 0.25) is 0 Å². The number of rotatable bonds is 14. The lowest BCUT2D eigenvalue weighted by molar-refractivity contribution is 0.0996. The van der Waals surface area contributed by atoms with Crippen LogP contribution in [0.5, 0.6) is 5.88 Å². The first-order chi connectivity index (χ1) is 18.3. The van der Waals surface area contributed by atoms with E-state index in [0.29, 0.717) is 12.1 Å². The van der Waals surface area contributed by atoms with E-state index in [1.165, 1.54) is 6.07 Å². The number of aliphatic hydroxyl groups excluding tert-OH is 1. The average Bonchev–Trinajstić information content (AvgIpc) is 3.26. The summed E-state index contributed by atoms with van der Waals surface area (Å²) in [5.41, 5.74) is 7.38. The van der Waals surface area contributed by atoms with Crippen molar-refractivity contribution in [3.05, 3.63) is 40.2 Å². The predicted octanol–water partition coefficient (Wildman–Crippen LogP) is 2.87. The third-order valence-electron chi connectivity index (χ3n) is 6.62. The fourth-order valence-electron chi connectivity index (χ4n) is 4.49. The number of halogens is 1. The summed E-state index contributed by atoms with van der Waals surface area (Å²) in [5, 5.41) is 14.6. The highest BCUT2D eigenvalue weighted by Gasteiger charge is 2.22. The summed E-state index contributed by atoms with van der Waals surface area (Å²) in [4.78, 5) is 29.1. The Morgan fingerprint density at radius 2 is 1.79 bits per heavy atom. The van der Waals surface area contributed by atoms with E-state index in [1.807, 2.05) is 6.07 Å². The molecule has 1 aromatic carbocycles. The maximum absolute atomic E-state index is 14.3. The van der Waals surface area contributed by atoms with Crippen LogP contribution in [0.15, 0.2) is 12.1 Å². The van der Waals surface area contributed by atoms with Gasteiger partial charge in [-0.1, -0.05) is 18.9 Å². The molecule has 5 N–H and O–H groups in total. The van der Waals surface area contributed by atoms with Crippen LogP contribution in [0.1, 0.15) is 52.7 Å². The van der Waals surface area contributed by atoms with Crippen LogP contribution in [0.25, 0.3) is 0 Å². The number of ether oxygens (including phenoxy) is 1. The first kappa shape index (κ1) is 29.8. The fraction of sp³-hybridized carbons (Fsp3) is 0.577. The zero-order valence-electron chi connectivity index (χ0n) is 22.2. The van der Waals surface area contributed by atoms with Gasteiger partial charge in [0.05, 0.1) is 6.61 Å². The lowest BCUT2D eigenvalue weighted by Crippen LogP contribution is -2.47. The second kappa shape index (κ2) is 15.0. The van der Waals surface area contributed by atoms with Gasteiger partial charge in [-0.2, -0.15) is 4.37 Å². The molecule has 0 bridgehead atoms. The third kappa shape index (κ3) is 8.90. The standard InChI is InChI=1S/C26H39FN6O4S/c1-18-15-19(2)20(21(27)16-18)17-37-24-22(23(28)35)25(38-31-24)30-26(36)29-7-5-3-4-6-8-32-9-11-33(12-10-32)13-14-34/h15-16,34H,3-14,17H2,1-2H3,(H2,28,35)(H2,29,30,36). The van der Waals surface area contributed by atoms with Crippen LogP contribution >= 0.6 is 11.5 Å². The molecular formula is C26H39FN6O4S. The Morgan fingerprint density at radius 1 is 1.11 bits per heavy atom. The Kier molecular flexibility index (Phi) is 11.7. The molecule has 2 aromatic rings. The molecule has 0 radical (unpaired) electrons. The van der Waals surface area contributed by atoms with Gasteiger partial charge >= 0.3 is 6.03 Å². The number of carbonyl (C=O) groups is 2. The number of nitrogens with one attached hydrogen (secondary N) is 2. The minimum atomic E-state index is -0.792. The van der Waals surface area contributed by atoms with Crippen molar-refractivity contribution in [2.24, 2.45) is 5.73 Å². The number of aliphatic hydroxyl groups is 1. The quantitative estimate of drug-likeness (QED) is 0.266. The molecule has 12 heteroatoms. The van der Waals surface area contributed by atoms with E-state index in [-0.39, 0.29) is 29.7 Å². The lowest BCUT2D eigenvalue weighted by atomic mass is 10.1. The number of aromatic nitrogens is 1. The number of piperazine rings is 1.